The first-order chi connectivity index (χ1) is 5.29. The maximum absolute atomic E-state index is 13.0. The van der Waals surface area contributed by atoms with E-state index in [1.54, 1.807) is 6.07 Å². The Labute approximate surface area is 63.9 Å². The van der Waals surface area contributed by atoms with Gasteiger partial charge < -0.3 is 10.2 Å². The lowest BCUT2D eigenvalue weighted by atomic mass is 10.1. The second-order valence-electron chi connectivity index (χ2n) is 2.21. The van der Waals surface area contributed by atoms with E-state index in [1.165, 1.54) is 12.1 Å². The Kier molecular flexibility index (Phi) is 2.57. The summed E-state index contributed by atoms with van der Waals surface area (Å²) < 4.78 is 13.0. The zero-order valence-corrected chi connectivity index (χ0v) is 5.92. The van der Waals surface area contributed by atoms with Gasteiger partial charge in [-0.1, -0.05) is 18.2 Å². The minimum atomic E-state index is -0.516. The summed E-state index contributed by atoms with van der Waals surface area (Å²) in [7, 11) is 0. The van der Waals surface area contributed by atoms with Crippen molar-refractivity contribution in [1.29, 1.82) is 0 Å². The lowest BCUT2D eigenvalue weighted by Gasteiger charge is -2.02. The molecular weight excluding hydrogens is 147 g/mol. The molecule has 0 saturated carbocycles. The number of hydrogen-bond donors (Lipinski definition) is 2. The summed E-state index contributed by atoms with van der Waals surface area (Å²) in [6, 6.07) is 4.56. The molecule has 0 bridgehead atoms. The van der Waals surface area contributed by atoms with Crippen LogP contribution in [0.15, 0.2) is 18.2 Å². The summed E-state index contributed by atoms with van der Waals surface area (Å²) in [5.41, 5.74) is 0.438. The van der Waals surface area contributed by atoms with Gasteiger partial charge in [-0.3, -0.25) is 0 Å². The number of benzene rings is 1. The molecular formula is C8H9FO2. The standard InChI is InChI=1S/C8H9FO2/c9-8-6(4-10)2-1-3-7(8)5-11/h1-3,10-11H,4-5H2. The average molecular weight is 156 g/mol. The van der Waals surface area contributed by atoms with Crippen molar-refractivity contribution in [3.8, 4) is 0 Å². The van der Waals surface area contributed by atoms with Gasteiger partial charge in [0.25, 0.3) is 0 Å². The highest BCUT2D eigenvalue weighted by molar-refractivity contribution is 5.24. The van der Waals surface area contributed by atoms with Gasteiger partial charge in [0.15, 0.2) is 0 Å². The van der Waals surface area contributed by atoms with Crippen molar-refractivity contribution in [2.24, 2.45) is 0 Å². The molecule has 60 valence electrons. The summed E-state index contributed by atoms with van der Waals surface area (Å²) in [6.45, 7) is -0.667. The van der Waals surface area contributed by atoms with Gasteiger partial charge in [-0.15, -0.1) is 0 Å². The SMILES string of the molecule is OCc1cccc(CO)c1F. The number of halogens is 1. The highest BCUT2D eigenvalue weighted by Crippen LogP contribution is 2.12. The van der Waals surface area contributed by atoms with Gasteiger partial charge in [-0.05, 0) is 0 Å². The van der Waals surface area contributed by atoms with Crippen molar-refractivity contribution in [3.05, 3.63) is 35.1 Å². The van der Waals surface area contributed by atoms with Crippen LogP contribution in [0, 0.1) is 5.82 Å². The van der Waals surface area contributed by atoms with Gasteiger partial charge >= 0.3 is 0 Å². The van der Waals surface area contributed by atoms with Crippen LogP contribution in [0.5, 0.6) is 0 Å². The van der Waals surface area contributed by atoms with E-state index in [1.807, 2.05) is 0 Å². The Bertz CT molecular complexity index is 226. The topological polar surface area (TPSA) is 40.5 Å². The molecule has 2 N–H and O–H groups in total. The highest BCUT2D eigenvalue weighted by Gasteiger charge is 2.04. The van der Waals surface area contributed by atoms with Crippen LogP contribution in [0.2, 0.25) is 0 Å². The largest absolute Gasteiger partial charge is 0.392 e. The second-order valence-corrected chi connectivity index (χ2v) is 2.21. The van der Waals surface area contributed by atoms with E-state index >= 15 is 0 Å². The summed E-state index contributed by atoms with van der Waals surface area (Å²) in [6.07, 6.45) is 0. The van der Waals surface area contributed by atoms with Crippen LogP contribution in [0.1, 0.15) is 11.1 Å². The van der Waals surface area contributed by atoms with Crippen molar-refractivity contribution in [1.82, 2.24) is 0 Å². The van der Waals surface area contributed by atoms with Crippen LogP contribution in [0.3, 0.4) is 0 Å². The lowest BCUT2D eigenvalue weighted by Crippen LogP contribution is -1.95. The number of aliphatic hydroxyl groups is 2. The summed E-state index contributed by atoms with van der Waals surface area (Å²) in [5, 5.41) is 17.2. The molecule has 0 saturated heterocycles. The molecule has 0 heterocycles. The van der Waals surface area contributed by atoms with E-state index < -0.39 is 5.82 Å². The number of aliphatic hydroxyl groups excluding tert-OH is 2. The predicted octanol–water partition coefficient (Wildman–Crippen LogP) is 0.810. The van der Waals surface area contributed by atoms with Gasteiger partial charge in [0.1, 0.15) is 5.82 Å². The first-order valence-corrected chi connectivity index (χ1v) is 3.27. The van der Waals surface area contributed by atoms with Crippen molar-refractivity contribution in [3.63, 3.8) is 0 Å². The van der Waals surface area contributed by atoms with Gasteiger partial charge in [0.2, 0.25) is 0 Å². The summed E-state index contributed by atoms with van der Waals surface area (Å²) in [5.74, 6) is -0.516. The monoisotopic (exact) mass is 156 g/mol. The molecule has 11 heavy (non-hydrogen) atoms. The third-order valence-electron chi connectivity index (χ3n) is 1.50. The van der Waals surface area contributed by atoms with Crippen LogP contribution in [-0.4, -0.2) is 10.2 Å². The van der Waals surface area contributed by atoms with E-state index in [0.29, 0.717) is 0 Å². The van der Waals surface area contributed by atoms with E-state index in [0.717, 1.165) is 0 Å². The number of hydrogen-bond acceptors (Lipinski definition) is 2. The average Bonchev–Trinajstić information content (AvgIpc) is 2.05. The van der Waals surface area contributed by atoms with Crippen LogP contribution >= 0.6 is 0 Å². The minimum absolute atomic E-state index is 0.219. The summed E-state index contributed by atoms with van der Waals surface area (Å²) in [4.78, 5) is 0. The van der Waals surface area contributed by atoms with E-state index in [9.17, 15) is 4.39 Å². The Morgan fingerprint density at radius 2 is 1.55 bits per heavy atom. The third-order valence-corrected chi connectivity index (χ3v) is 1.50. The highest BCUT2D eigenvalue weighted by atomic mass is 19.1. The summed E-state index contributed by atoms with van der Waals surface area (Å²) >= 11 is 0. The molecule has 0 aliphatic rings. The van der Waals surface area contributed by atoms with E-state index in [4.69, 9.17) is 10.2 Å². The van der Waals surface area contributed by atoms with E-state index in [-0.39, 0.29) is 24.3 Å². The fourth-order valence-electron chi connectivity index (χ4n) is 0.877. The zero-order valence-electron chi connectivity index (χ0n) is 5.92. The first kappa shape index (κ1) is 8.17. The molecule has 0 aliphatic heterocycles. The van der Waals surface area contributed by atoms with Crippen LogP contribution in [0.4, 0.5) is 4.39 Å². The molecule has 0 aliphatic carbocycles. The second kappa shape index (κ2) is 3.46. The maximum atomic E-state index is 13.0. The lowest BCUT2D eigenvalue weighted by molar-refractivity contribution is 0.264. The Morgan fingerprint density at radius 1 is 1.09 bits per heavy atom. The maximum Gasteiger partial charge on any atom is 0.134 e. The molecule has 1 aromatic rings. The smallest absolute Gasteiger partial charge is 0.134 e. The van der Waals surface area contributed by atoms with Crippen LogP contribution in [-0.2, 0) is 13.2 Å². The molecule has 3 heteroatoms. The normalized spacial score (nSPS) is 10.1. The molecule has 0 fully saturated rings. The number of rotatable bonds is 2. The molecule has 0 radical (unpaired) electrons. The molecule has 1 aromatic carbocycles. The third kappa shape index (κ3) is 1.56. The van der Waals surface area contributed by atoms with Crippen LogP contribution in [0.25, 0.3) is 0 Å². The molecule has 0 amide bonds. The van der Waals surface area contributed by atoms with Gasteiger partial charge in [0.05, 0.1) is 13.2 Å². The fourth-order valence-corrected chi connectivity index (χ4v) is 0.877. The minimum Gasteiger partial charge on any atom is -0.392 e. The molecule has 0 spiro atoms. The van der Waals surface area contributed by atoms with Crippen molar-refractivity contribution in [2.45, 2.75) is 13.2 Å². The Morgan fingerprint density at radius 3 is 1.91 bits per heavy atom. The molecule has 0 atom stereocenters. The molecule has 0 unspecified atom stereocenters. The Hall–Kier alpha value is -0.930. The van der Waals surface area contributed by atoms with Crippen molar-refractivity contribution in [2.75, 3.05) is 0 Å². The molecule has 1 rings (SSSR count). The van der Waals surface area contributed by atoms with E-state index in [2.05, 4.69) is 0 Å². The quantitative estimate of drug-likeness (QED) is 0.665. The predicted molar refractivity (Wildman–Crippen MR) is 38.2 cm³/mol. The van der Waals surface area contributed by atoms with Crippen molar-refractivity contribution >= 4 is 0 Å². The van der Waals surface area contributed by atoms with Gasteiger partial charge in [-0.25, -0.2) is 4.39 Å². The molecule has 0 aromatic heterocycles. The Balaban J connectivity index is 3.10. The first-order valence-electron chi connectivity index (χ1n) is 3.27. The van der Waals surface area contributed by atoms with Gasteiger partial charge in [0, 0.05) is 11.1 Å². The molecule has 2 nitrogen and oxygen atoms in total. The van der Waals surface area contributed by atoms with Gasteiger partial charge in [-0.2, -0.15) is 0 Å². The fraction of sp³-hybridized carbons (Fsp3) is 0.250. The van der Waals surface area contributed by atoms with Crippen molar-refractivity contribution < 1.29 is 14.6 Å². The zero-order chi connectivity index (χ0) is 8.27. The van der Waals surface area contributed by atoms with Crippen LogP contribution < -0.4 is 0 Å².